The largest absolute Gasteiger partial charge is 0.492 e. The van der Waals surface area contributed by atoms with Gasteiger partial charge in [-0.3, -0.25) is 0 Å². The lowest BCUT2D eigenvalue weighted by Gasteiger charge is -2.26. The third-order valence-corrected chi connectivity index (χ3v) is 4.32. The van der Waals surface area contributed by atoms with Crippen molar-refractivity contribution < 1.29 is 9.53 Å². The van der Waals surface area contributed by atoms with E-state index in [0.29, 0.717) is 19.7 Å². The zero-order valence-electron chi connectivity index (χ0n) is 16.1. The SMILES string of the molecule is Cc1ccc(C(CNC(=O)N(C)CCOc2ccccc2)N(C)C)cc1. The molecule has 2 rings (SSSR count). The van der Waals surface area contributed by atoms with Gasteiger partial charge in [-0.15, -0.1) is 0 Å². The topological polar surface area (TPSA) is 44.8 Å². The number of ether oxygens (including phenoxy) is 1. The molecule has 0 radical (unpaired) electrons. The van der Waals surface area contributed by atoms with Crippen molar-refractivity contribution in [3.05, 3.63) is 65.7 Å². The molecule has 140 valence electrons. The van der Waals surface area contributed by atoms with Crippen molar-refractivity contribution in [2.75, 3.05) is 40.8 Å². The molecular formula is C21H29N3O2. The van der Waals surface area contributed by atoms with Crippen molar-refractivity contribution in [1.82, 2.24) is 15.1 Å². The number of nitrogens with one attached hydrogen (secondary N) is 1. The summed E-state index contributed by atoms with van der Waals surface area (Å²) < 4.78 is 5.64. The van der Waals surface area contributed by atoms with Gasteiger partial charge in [-0.2, -0.15) is 0 Å². The molecule has 0 saturated carbocycles. The number of carbonyl (C=O) groups is 1. The van der Waals surface area contributed by atoms with Gasteiger partial charge in [0, 0.05) is 13.6 Å². The second-order valence-corrected chi connectivity index (χ2v) is 6.66. The van der Waals surface area contributed by atoms with E-state index in [0.717, 1.165) is 5.75 Å². The maximum Gasteiger partial charge on any atom is 0.317 e. The molecule has 0 spiro atoms. The monoisotopic (exact) mass is 355 g/mol. The van der Waals surface area contributed by atoms with Gasteiger partial charge < -0.3 is 19.9 Å². The van der Waals surface area contributed by atoms with E-state index in [1.54, 1.807) is 11.9 Å². The Morgan fingerprint density at radius 3 is 2.31 bits per heavy atom. The van der Waals surface area contributed by atoms with E-state index in [2.05, 4.69) is 41.4 Å². The number of hydrogen-bond donors (Lipinski definition) is 1. The molecule has 0 saturated heterocycles. The smallest absolute Gasteiger partial charge is 0.317 e. The van der Waals surface area contributed by atoms with Crippen LogP contribution in [0.5, 0.6) is 5.75 Å². The number of carbonyl (C=O) groups excluding carboxylic acids is 1. The normalized spacial score (nSPS) is 11.9. The second-order valence-electron chi connectivity index (χ2n) is 6.66. The van der Waals surface area contributed by atoms with Crippen LogP contribution in [0.1, 0.15) is 17.2 Å². The van der Waals surface area contributed by atoms with Crippen LogP contribution in [0.15, 0.2) is 54.6 Å². The van der Waals surface area contributed by atoms with Crippen LogP contribution >= 0.6 is 0 Å². The highest BCUT2D eigenvalue weighted by atomic mass is 16.5. The van der Waals surface area contributed by atoms with Gasteiger partial charge >= 0.3 is 6.03 Å². The highest BCUT2D eigenvalue weighted by molar-refractivity contribution is 5.73. The van der Waals surface area contributed by atoms with E-state index < -0.39 is 0 Å². The maximum atomic E-state index is 12.3. The molecule has 5 nitrogen and oxygen atoms in total. The number of amides is 2. The average Bonchev–Trinajstić information content (AvgIpc) is 2.63. The first-order valence-electron chi connectivity index (χ1n) is 8.87. The van der Waals surface area contributed by atoms with Crippen LogP contribution in [0.3, 0.4) is 0 Å². The Labute approximate surface area is 156 Å². The summed E-state index contributed by atoms with van der Waals surface area (Å²) >= 11 is 0. The Bertz CT molecular complexity index is 671. The first-order chi connectivity index (χ1) is 12.5. The number of para-hydroxylation sites is 1. The zero-order valence-corrected chi connectivity index (χ0v) is 16.1. The number of likely N-dealkylation sites (N-methyl/N-ethyl adjacent to an activating group) is 2. The Morgan fingerprint density at radius 2 is 1.69 bits per heavy atom. The molecule has 0 bridgehead atoms. The van der Waals surface area contributed by atoms with Gasteiger partial charge in [-0.1, -0.05) is 48.0 Å². The molecule has 1 atom stereocenters. The second kappa shape index (κ2) is 9.82. The van der Waals surface area contributed by atoms with Gasteiger partial charge in [0.25, 0.3) is 0 Å². The van der Waals surface area contributed by atoms with E-state index in [-0.39, 0.29) is 12.1 Å². The van der Waals surface area contributed by atoms with Crippen LogP contribution in [0, 0.1) is 6.92 Å². The molecule has 26 heavy (non-hydrogen) atoms. The minimum Gasteiger partial charge on any atom is -0.492 e. The van der Waals surface area contributed by atoms with Crippen molar-refractivity contribution in [1.29, 1.82) is 0 Å². The van der Waals surface area contributed by atoms with Crippen molar-refractivity contribution in [2.24, 2.45) is 0 Å². The number of benzene rings is 2. The van der Waals surface area contributed by atoms with Crippen molar-refractivity contribution in [3.63, 3.8) is 0 Å². The predicted molar refractivity (Wildman–Crippen MR) is 106 cm³/mol. The summed E-state index contributed by atoms with van der Waals surface area (Å²) in [5, 5.41) is 3.02. The molecule has 0 aromatic heterocycles. The molecule has 5 heteroatoms. The minimum atomic E-state index is -0.0966. The van der Waals surface area contributed by atoms with Crippen molar-refractivity contribution >= 4 is 6.03 Å². The summed E-state index contributed by atoms with van der Waals surface area (Å²) in [7, 11) is 5.82. The molecule has 2 aromatic carbocycles. The van der Waals surface area contributed by atoms with Crippen LogP contribution in [0.4, 0.5) is 4.79 Å². The Kier molecular flexibility index (Phi) is 7.48. The van der Waals surface area contributed by atoms with Gasteiger partial charge in [0.05, 0.1) is 12.6 Å². The lowest BCUT2D eigenvalue weighted by molar-refractivity contribution is 0.190. The Balaban J connectivity index is 1.80. The fourth-order valence-electron chi connectivity index (χ4n) is 2.62. The summed E-state index contributed by atoms with van der Waals surface area (Å²) in [5.74, 6) is 0.813. The molecule has 2 aromatic rings. The number of nitrogens with zero attached hydrogens (tertiary/aromatic N) is 2. The standard InChI is InChI=1S/C21H29N3O2/c1-17-10-12-18(13-11-17)20(23(2)3)16-22-21(25)24(4)14-15-26-19-8-6-5-7-9-19/h5-13,20H,14-16H2,1-4H3,(H,22,25). The third kappa shape index (κ3) is 6.08. The first kappa shape index (κ1) is 19.8. The van der Waals surface area contributed by atoms with Crippen LogP contribution in [0.2, 0.25) is 0 Å². The summed E-state index contributed by atoms with van der Waals surface area (Å²) in [4.78, 5) is 16.1. The first-order valence-corrected chi connectivity index (χ1v) is 8.87. The lowest BCUT2D eigenvalue weighted by Crippen LogP contribution is -2.42. The van der Waals surface area contributed by atoms with Gasteiger partial charge in [0.15, 0.2) is 0 Å². The summed E-state index contributed by atoms with van der Waals surface area (Å²) in [6.07, 6.45) is 0. The molecule has 2 amide bonds. The molecule has 0 heterocycles. The van der Waals surface area contributed by atoms with Gasteiger partial charge in [0.1, 0.15) is 12.4 Å². The number of aryl methyl sites for hydroxylation is 1. The van der Waals surface area contributed by atoms with Gasteiger partial charge in [-0.25, -0.2) is 4.79 Å². The number of rotatable bonds is 8. The molecule has 0 aliphatic carbocycles. The number of urea groups is 1. The number of hydrogen-bond acceptors (Lipinski definition) is 3. The molecule has 1 unspecified atom stereocenters. The quantitative estimate of drug-likeness (QED) is 0.790. The lowest BCUT2D eigenvalue weighted by atomic mass is 10.0. The third-order valence-electron chi connectivity index (χ3n) is 4.32. The van der Waals surface area contributed by atoms with E-state index in [1.807, 2.05) is 44.4 Å². The Morgan fingerprint density at radius 1 is 1.04 bits per heavy atom. The Hall–Kier alpha value is -2.53. The molecule has 1 N–H and O–H groups in total. The van der Waals surface area contributed by atoms with Crippen LogP contribution in [-0.4, -0.2) is 56.7 Å². The van der Waals surface area contributed by atoms with Gasteiger partial charge in [-0.05, 0) is 38.7 Å². The van der Waals surface area contributed by atoms with Crippen LogP contribution < -0.4 is 10.1 Å². The highest BCUT2D eigenvalue weighted by Crippen LogP contribution is 2.18. The van der Waals surface area contributed by atoms with Crippen LogP contribution in [-0.2, 0) is 0 Å². The zero-order chi connectivity index (χ0) is 18.9. The molecular weight excluding hydrogens is 326 g/mol. The average molecular weight is 355 g/mol. The fourth-order valence-corrected chi connectivity index (χ4v) is 2.62. The predicted octanol–water partition coefficient (Wildman–Crippen LogP) is 3.32. The summed E-state index contributed by atoms with van der Waals surface area (Å²) in [6, 6.07) is 18.1. The van der Waals surface area contributed by atoms with E-state index in [9.17, 15) is 4.79 Å². The minimum absolute atomic E-state index is 0.0966. The van der Waals surface area contributed by atoms with Gasteiger partial charge in [0.2, 0.25) is 0 Å². The summed E-state index contributed by atoms with van der Waals surface area (Å²) in [6.45, 7) is 3.61. The van der Waals surface area contributed by atoms with Crippen molar-refractivity contribution in [3.8, 4) is 5.75 Å². The maximum absolute atomic E-state index is 12.3. The van der Waals surface area contributed by atoms with E-state index >= 15 is 0 Å². The van der Waals surface area contributed by atoms with Crippen molar-refractivity contribution in [2.45, 2.75) is 13.0 Å². The highest BCUT2D eigenvalue weighted by Gasteiger charge is 2.16. The molecule has 0 aliphatic rings. The molecule has 0 aliphatic heterocycles. The van der Waals surface area contributed by atoms with E-state index in [4.69, 9.17) is 4.74 Å². The molecule has 0 fully saturated rings. The van der Waals surface area contributed by atoms with E-state index in [1.165, 1.54) is 11.1 Å². The summed E-state index contributed by atoms with van der Waals surface area (Å²) in [5.41, 5.74) is 2.42. The van der Waals surface area contributed by atoms with Crippen LogP contribution in [0.25, 0.3) is 0 Å². The fraction of sp³-hybridized carbons (Fsp3) is 0.381.